The molecular weight excluding hydrogens is 367 g/mol. The molecule has 120 valence electrons. The number of amides is 1. The van der Waals surface area contributed by atoms with Gasteiger partial charge in [0.05, 0.1) is 18.3 Å². The number of halogens is 4. The van der Waals surface area contributed by atoms with E-state index in [-0.39, 0.29) is 6.42 Å². The Hall–Kier alpha value is -1.57. The maximum Gasteiger partial charge on any atom is 0.394 e. The zero-order chi connectivity index (χ0) is 16.5. The third kappa shape index (κ3) is 3.79. The molecule has 2 rings (SSSR count). The summed E-state index contributed by atoms with van der Waals surface area (Å²) >= 11 is 3.25. The van der Waals surface area contributed by atoms with Crippen LogP contribution in [0.1, 0.15) is 5.56 Å². The zero-order valence-corrected chi connectivity index (χ0v) is 12.9. The number of rotatable bonds is 3. The van der Waals surface area contributed by atoms with Crippen LogP contribution >= 0.6 is 15.9 Å². The largest absolute Gasteiger partial charge is 0.481 e. The van der Waals surface area contributed by atoms with Crippen LogP contribution in [0, 0.1) is 11.8 Å². The number of carboxylic acids is 1. The molecule has 0 saturated carbocycles. The fraction of sp³-hybridized carbons (Fsp3) is 0.429. The van der Waals surface area contributed by atoms with Crippen LogP contribution in [0.3, 0.4) is 0 Å². The first-order valence-electron chi connectivity index (χ1n) is 6.50. The van der Waals surface area contributed by atoms with Gasteiger partial charge >= 0.3 is 12.1 Å². The molecule has 0 radical (unpaired) electrons. The molecule has 1 aromatic rings. The number of carbonyl (C=O) groups is 2. The highest BCUT2D eigenvalue weighted by Gasteiger charge is 2.53. The van der Waals surface area contributed by atoms with Crippen molar-refractivity contribution in [2.75, 3.05) is 13.1 Å². The molecule has 22 heavy (non-hydrogen) atoms. The minimum Gasteiger partial charge on any atom is -0.481 e. The summed E-state index contributed by atoms with van der Waals surface area (Å²) in [5.41, 5.74) is 0.654. The van der Waals surface area contributed by atoms with E-state index in [4.69, 9.17) is 5.11 Å². The summed E-state index contributed by atoms with van der Waals surface area (Å²) in [4.78, 5) is 24.1. The van der Waals surface area contributed by atoms with Crippen LogP contribution in [0.5, 0.6) is 0 Å². The molecule has 0 unspecified atom stereocenters. The second kappa shape index (κ2) is 6.28. The molecule has 1 fully saturated rings. The molecule has 0 bridgehead atoms. The van der Waals surface area contributed by atoms with Gasteiger partial charge in [-0.2, -0.15) is 13.2 Å². The van der Waals surface area contributed by atoms with Gasteiger partial charge in [0.15, 0.2) is 0 Å². The van der Waals surface area contributed by atoms with Gasteiger partial charge in [-0.1, -0.05) is 28.1 Å². The van der Waals surface area contributed by atoms with Gasteiger partial charge in [-0.3, -0.25) is 9.59 Å². The van der Waals surface area contributed by atoms with E-state index in [0.29, 0.717) is 5.56 Å². The van der Waals surface area contributed by atoms with Crippen molar-refractivity contribution < 1.29 is 27.9 Å². The van der Waals surface area contributed by atoms with E-state index in [2.05, 4.69) is 15.9 Å². The minimum atomic E-state index is -4.63. The Morgan fingerprint density at radius 1 is 1.32 bits per heavy atom. The molecule has 0 aromatic heterocycles. The Balaban J connectivity index is 2.10. The van der Waals surface area contributed by atoms with Crippen molar-refractivity contribution in [3.8, 4) is 0 Å². The molecule has 0 aliphatic carbocycles. The summed E-state index contributed by atoms with van der Waals surface area (Å²) in [7, 11) is 0. The summed E-state index contributed by atoms with van der Waals surface area (Å²) in [5.74, 6) is -5.65. The molecule has 1 aliphatic rings. The predicted molar refractivity (Wildman–Crippen MR) is 75.1 cm³/mol. The number of hydrogen-bond donors (Lipinski definition) is 1. The van der Waals surface area contributed by atoms with Crippen LogP contribution in [-0.2, 0) is 16.0 Å². The van der Waals surface area contributed by atoms with Gasteiger partial charge in [0.25, 0.3) is 0 Å². The molecule has 1 saturated heterocycles. The predicted octanol–water partition coefficient (Wildman–Crippen LogP) is 2.71. The summed E-state index contributed by atoms with van der Waals surface area (Å²) in [6, 6.07) is 6.87. The highest BCUT2D eigenvalue weighted by atomic mass is 79.9. The van der Waals surface area contributed by atoms with Crippen molar-refractivity contribution in [2.24, 2.45) is 11.8 Å². The van der Waals surface area contributed by atoms with E-state index < -0.39 is 43.0 Å². The maximum atomic E-state index is 12.9. The second-order valence-electron chi connectivity index (χ2n) is 5.20. The molecule has 8 heteroatoms. The van der Waals surface area contributed by atoms with Gasteiger partial charge in [-0.05, 0) is 17.7 Å². The van der Waals surface area contributed by atoms with E-state index in [1.165, 1.54) is 0 Å². The van der Waals surface area contributed by atoms with Crippen molar-refractivity contribution in [2.45, 2.75) is 12.6 Å². The maximum absolute atomic E-state index is 12.9. The number of hydrogen-bond acceptors (Lipinski definition) is 2. The zero-order valence-electron chi connectivity index (χ0n) is 11.3. The lowest BCUT2D eigenvalue weighted by atomic mass is 9.96. The number of carboxylic acid groups (broad SMARTS) is 1. The van der Waals surface area contributed by atoms with Crippen molar-refractivity contribution >= 4 is 27.8 Å². The summed E-state index contributed by atoms with van der Waals surface area (Å²) in [6.45, 7) is -1.01. The van der Waals surface area contributed by atoms with Gasteiger partial charge < -0.3 is 10.0 Å². The smallest absolute Gasteiger partial charge is 0.394 e. The first-order valence-corrected chi connectivity index (χ1v) is 7.29. The van der Waals surface area contributed by atoms with Crippen molar-refractivity contribution in [3.63, 3.8) is 0 Å². The van der Waals surface area contributed by atoms with Crippen LogP contribution in [-0.4, -0.2) is 41.1 Å². The van der Waals surface area contributed by atoms with Gasteiger partial charge in [0, 0.05) is 17.6 Å². The third-order valence-corrected chi connectivity index (χ3v) is 4.15. The topological polar surface area (TPSA) is 57.6 Å². The molecular formula is C14H13BrF3NO3. The van der Waals surface area contributed by atoms with Crippen molar-refractivity contribution in [1.29, 1.82) is 0 Å². The molecule has 4 nitrogen and oxygen atoms in total. The molecule has 1 aromatic carbocycles. The highest BCUT2D eigenvalue weighted by molar-refractivity contribution is 9.10. The Bertz CT molecular complexity index is 591. The molecule has 1 heterocycles. The third-order valence-electron chi connectivity index (χ3n) is 3.65. The number of nitrogens with zero attached hydrogens (tertiary/aromatic N) is 1. The van der Waals surface area contributed by atoms with Crippen LogP contribution < -0.4 is 0 Å². The average Bonchev–Trinajstić information content (AvgIpc) is 2.83. The second-order valence-corrected chi connectivity index (χ2v) is 6.11. The molecule has 1 aliphatic heterocycles. The number of alkyl halides is 3. The molecule has 0 spiro atoms. The summed E-state index contributed by atoms with van der Waals surface area (Å²) in [5, 5.41) is 8.93. The fourth-order valence-corrected chi connectivity index (χ4v) is 2.97. The average molecular weight is 380 g/mol. The number of benzene rings is 1. The van der Waals surface area contributed by atoms with Gasteiger partial charge in [-0.25, -0.2) is 0 Å². The summed E-state index contributed by atoms with van der Waals surface area (Å²) in [6.07, 6.45) is -4.69. The first kappa shape index (κ1) is 16.8. The standard InChI is InChI=1S/C14H13BrF3NO3/c15-9-3-1-2-8(4-9)5-12(20)19-6-10(13(21)22)11(7-19)14(16,17)18/h1-4,10-11H,5-7H2,(H,21,22)/t10-,11-/m1/s1. The fourth-order valence-electron chi connectivity index (χ4n) is 2.52. The quantitative estimate of drug-likeness (QED) is 0.878. The molecule has 1 N–H and O–H groups in total. The van der Waals surface area contributed by atoms with Crippen molar-refractivity contribution in [1.82, 2.24) is 4.90 Å². The van der Waals surface area contributed by atoms with Crippen LogP contribution in [0.15, 0.2) is 28.7 Å². The van der Waals surface area contributed by atoms with Crippen LogP contribution in [0.4, 0.5) is 13.2 Å². The Labute approximate surface area is 133 Å². The van der Waals surface area contributed by atoms with Crippen molar-refractivity contribution in [3.05, 3.63) is 34.3 Å². The van der Waals surface area contributed by atoms with Crippen LogP contribution in [0.25, 0.3) is 0 Å². The Morgan fingerprint density at radius 2 is 2.00 bits per heavy atom. The Morgan fingerprint density at radius 3 is 2.50 bits per heavy atom. The number of carbonyl (C=O) groups excluding carboxylic acids is 1. The SMILES string of the molecule is O=C(O)[C@@H]1CN(C(=O)Cc2cccc(Br)c2)C[C@H]1C(F)(F)F. The van der Waals surface area contributed by atoms with E-state index in [9.17, 15) is 22.8 Å². The van der Waals surface area contributed by atoms with E-state index in [1.807, 2.05) is 0 Å². The lowest BCUT2D eigenvalue weighted by Gasteiger charge is -2.18. The minimum absolute atomic E-state index is 0.0592. The first-order chi connectivity index (χ1) is 10.2. The molecule has 2 atom stereocenters. The number of aliphatic carboxylic acids is 1. The lowest BCUT2D eigenvalue weighted by molar-refractivity contribution is -0.188. The number of likely N-dealkylation sites (tertiary alicyclic amines) is 1. The van der Waals surface area contributed by atoms with Gasteiger partial charge in [0.2, 0.25) is 5.91 Å². The Kier molecular flexibility index (Phi) is 4.79. The van der Waals surface area contributed by atoms with E-state index in [1.54, 1.807) is 24.3 Å². The van der Waals surface area contributed by atoms with E-state index in [0.717, 1.165) is 9.37 Å². The lowest BCUT2D eigenvalue weighted by Crippen LogP contribution is -2.34. The summed E-state index contributed by atoms with van der Waals surface area (Å²) < 4.78 is 39.4. The van der Waals surface area contributed by atoms with E-state index >= 15 is 0 Å². The van der Waals surface area contributed by atoms with Crippen LogP contribution in [0.2, 0.25) is 0 Å². The highest BCUT2D eigenvalue weighted by Crippen LogP contribution is 2.37. The van der Waals surface area contributed by atoms with Gasteiger partial charge in [0.1, 0.15) is 0 Å². The van der Waals surface area contributed by atoms with Gasteiger partial charge in [-0.15, -0.1) is 0 Å². The normalized spacial score (nSPS) is 21.9. The monoisotopic (exact) mass is 379 g/mol. The molecule has 1 amide bonds.